The first kappa shape index (κ1) is 25.9. The predicted molar refractivity (Wildman–Crippen MR) is 115 cm³/mol. The van der Waals surface area contributed by atoms with Crippen LogP contribution in [0.25, 0.3) is 0 Å². The van der Waals surface area contributed by atoms with Gasteiger partial charge in [0.1, 0.15) is 12.8 Å². The van der Waals surface area contributed by atoms with Crippen LogP contribution < -0.4 is 0 Å². The number of rotatable bonds is 9. The molecule has 2 aromatic heterocycles. The predicted octanol–water partition coefficient (Wildman–Crippen LogP) is 3.93. The van der Waals surface area contributed by atoms with Gasteiger partial charge in [-0.05, 0) is 12.1 Å². The molecule has 27 heavy (non-hydrogen) atoms. The zero-order valence-electron chi connectivity index (χ0n) is 17.5. The molecule has 0 unspecified atom stereocenters. The van der Waals surface area contributed by atoms with E-state index < -0.39 is 16.1 Å². The fourth-order valence-electron chi connectivity index (χ4n) is 1.44. The lowest BCUT2D eigenvalue weighted by Crippen LogP contribution is -2.22. The molecule has 0 aromatic carbocycles. The number of hydrogen-bond donors (Lipinski definition) is 1. The molecule has 0 spiro atoms. The highest BCUT2D eigenvalue weighted by Crippen LogP contribution is 2.08. The van der Waals surface area contributed by atoms with Crippen molar-refractivity contribution in [3.05, 3.63) is 24.8 Å². The number of hydrogen-bond acceptors (Lipinski definition) is 6. The van der Waals surface area contributed by atoms with E-state index in [2.05, 4.69) is 65.0 Å². The lowest BCUT2D eigenvalue weighted by atomic mass is 10.8. The van der Waals surface area contributed by atoms with Gasteiger partial charge in [-0.2, -0.15) is 15.4 Å². The van der Waals surface area contributed by atoms with Gasteiger partial charge < -0.3 is 9.47 Å². The minimum atomic E-state index is -0.950. The summed E-state index contributed by atoms with van der Waals surface area (Å²) < 4.78 is 12.1. The van der Waals surface area contributed by atoms with E-state index in [1.54, 1.807) is 29.5 Å². The Morgan fingerprint density at radius 3 is 1.81 bits per heavy atom. The van der Waals surface area contributed by atoms with Crippen molar-refractivity contribution in [2.24, 2.45) is 0 Å². The first-order valence-corrected chi connectivity index (χ1v) is 16.9. The van der Waals surface area contributed by atoms with Crippen molar-refractivity contribution in [1.82, 2.24) is 30.4 Å². The lowest BCUT2D eigenvalue weighted by molar-refractivity contribution is 0.0772. The number of alkyl halides is 1. The Morgan fingerprint density at radius 2 is 1.44 bits per heavy atom. The minimum absolute atomic E-state index is 0.338. The molecule has 0 atom stereocenters. The summed E-state index contributed by atoms with van der Waals surface area (Å²) >= 11 is 5.32. The van der Waals surface area contributed by atoms with Gasteiger partial charge in [-0.25, -0.2) is 4.68 Å². The van der Waals surface area contributed by atoms with Crippen molar-refractivity contribution in [3.8, 4) is 0 Å². The maximum absolute atomic E-state index is 5.45. The number of aromatic amines is 1. The number of H-pyrrole nitrogens is 1. The number of nitrogens with zero attached hydrogens (tertiary/aromatic N) is 5. The Hall–Kier alpha value is -1.08. The summed E-state index contributed by atoms with van der Waals surface area (Å²) in [5.74, 6) is 0. The number of halogens is 1. The number of nitrogens with one attached hydrogen (secondary N) is 1. The quantitative estimate of drug-likeness (QED) is 0.365. The second-order valence-electron chi connectivity index (χ2n) is 8.27. The number of aromatic nitrogens is 6. The summed E-state index contributed by atoms with van der Waals surface area (Å²) in [4.78, 5) is 0. The molecule has 0 amide bonds. The molecule has 0 aliphatic rings. The monoisotopic (exact) mass is 434 g/mol. The second kappa shape index (κ2) is 14.9. The number of ether oxygens (including phenoxy) is 2. The van der Waals surface area contributed by atoms with Crippen LogP contribution in [0.3, 0.4) is 0 Å². The van der Waals surface area contributed by atoms with Crippen LogP contribution in [-0.2, 0) is 16.2 Å². The second-order valence-corrected chi connectivity index (χ2v) is 19.7. The van der Waals surface area contributed by atoms with E-state index in [4.69, 9.17) is 21.1 Å². The molecule has 0 saturated carbocycles. The normalized spacial score (nSPS) is 11.2. The molecule has 0 aliphatic carbocycles. The van der Waals surface area contributed by atoms with E-state index in [1.807, 2.05) is 0 Å². The summed E-state index contributed by atoms with van der Waals surface area (Å²) in [6.07, 6.45) is 6.62. The standard InChI is InChI=1S/C8H17N3OSi.C6H15ClOSi.C2H3N3/c1-13(2,3)7-6-12-8-11-5-4-9-10-11;1-9(2,3)5-4-8-6-7;1-2-4-5-3-1/h4-5H,6-8H2,1-3H3;4-6H2,1-3H3;1-2H,(H,3,4,5). The van der Waals surface area contributed by atoms with E-state index in [1.165, 1.54) is 12.1 Å². The Balaban J connectivity index is 0.000000416. The first-order chi connectivity index (χ1) is 12.6. The molecule has 2 aromatic rings. The third kappa shape index (κ3) is 21.1. The van der Waals surface area contributed by atoms with Gasteiger partial charge >= 0.3 is 0 Å². The van der Waals surface area contributed by atoms with Gasteiger partial charge in [0.05, 0.1) is 18.6 Å². The van der Waals surface area contributed by atoms with Gasteiger partial charge in [-0.3, -0.25) is 0 Å². The fraction of sp³-hybridized carbons (Fsp3) is 0.750. The Kier molecular flexibility index (Phi) is 14.3. The minimum Gasteiger partial charge on any atom is -0.366 e. The zero-order chi connectivity index (χ0) is 20.6. The van der Waals surface area contributed by atoms with Crippen LogP contribution in [0.1, 0.15) is 0 Å². The van der Waals surface area contributed by atoms with Crippen LogP contribution in [-0.4, -0.2) is 65.8 Å². The third-order valence-electron chi connectivity index (χ3n) is 3.10. The molecule has 0 bridgehead atoms. The molecular weight excluding hydrogens is 400 g/mol. The zero-order valence-corrected chi connectivity index (χ0v) is 20.2. The maximum atomic E-state index is 5.45. The van der Waals surface area contributed by atoms with Crippen molar-refractivity contribution in [1.29, 1.82) is 0 Å². The van der Waals surface area contributed by atoms with Gasteiger partial charge in [-0.15, -0.1) is 5.10 Å². The smallest absolute Gasteiger partial charge is 0.141 e. The summed E-state index contributed by atoms with van der Waals surface area (Å²) in [5.41, 5.74) is 0. The first-order valence-electron chi connectivity index (χ1n) is 8.99. The van der Waals surface area contributed by atoms with Gasteiger partial charge in [0.25, 0.3) is 0 Å². The third-order valence-corrected chi connectivity index (χ3v) is 6.66. The molecule has 2 rings (SSSR count). The molecular formula is C16H35ClN6O2Si2. The van der Waals surface area contributed by atoms with Crippen molar-refractivity contribution >= 4 is 27.7 Å². The molecule has 0 saturated heterocycles. The molecule has 0 fully saturated rings. The summed E-state index contributed by atoms with van der Waals surface area (Å²) in [6, 6.07) is 2.74. The van der Waals surface area contributed by atoms with Crippen molar-refractivity contribution in [2.45, 2.75) is 58.1 Å². The van der Waals surface area contributed by atoms with Crippen molar-refractivity contribution in [2.75, 3.05) is 19.3 Å². The highest BCUT2D eigenvalue weighted by atomic mass is 35.5. The van der Waals surface area contributed by atoms with Gasteiger partial charge in [-0.1, -0.05) is 56.1 Å². The Morgan fingerprint density at radius 1 is 0.889 bits per heavy atom. The molecule has 156 valence electrons. The van der Waals surface area contributed by atoms with Crippen LogP contribution in [0.5, 0.6) is 0 Å². The average Bonchev–Trinajstić information content (AvgIpc) is 3.26. The summed E-state index contributed by atoms with van der Waals surface area (Å²) in [5, 5.41) is 16.8. The van der Waals surface area contributed by atoms with E-state index >= 15 is 0 Å². The molecule has 2 heterocycles. The van der Waals surface area contributed by atoms with Crippen molar-refractivity contribution < 1.29 is 9.47 Å². The van der Waals surface area contributed by atoms with Crippen molar-refractivity contribution in [3.63, 3.8) is 0 Å². The maximum Gasteiger partial charge on any atom is 0.141 e. The largest absolute Gasteiger partial charge is 0.366 e. The van der Waals surface area contributed by atoms with E-state index in [0.717, 1.165) is 13.2 Å². The van der Waals surface area contributed by atoms with E-state index in [-0.39, 0.29) is 0 Å². The lowest BCUT2D eigenvalue weighted by Gasteiger charge is -2.14. The molecule has 0 radical (unpaired) electrons. The van der Waals surface area contributed by atoms with Crippen LogP contribution in [0.4, 0.5) is 0 Å². The van der Waals surface area contributed by atoms with Gasteiger partial charge in [0.2, 0.25) is 0 Å². The topological polar surface area (TPSA) is 90.7 Å². The van der Waals surface area contributed by atoms with Gasteiger partial charge in [0, 0.05) is 35.6 Å². The average molecular weight is 435 g/mol. The Labute approximate surface area is 170 Å². The van der Waals surface area contributed by atoms with Crippen LogP contribution in [0, 0.1) is 0 Å². The highest BCUT2D eigenvalue weighted by molar-refractivity contribution is 6.76. The molecule has 11 heteroatoms. The molecule has 8 nitrogen and oxygen atoms in total. The summed E-state index contributed by atoms with van der Waals surface area (Å²) in [6.45, 7) is 16.2. The van der Waals surface area contributed by atoms with Crippen LogP contribution in [0.15, 0.2) is 24.8 Å². The van der Waals surface area contributed by atoms with Crippen LogP contribution in [0.2, 0.25) is 51.4 Å². The highest BCUT2D eigenvalue weighted by Gasteiger charge is 2.12. The van der Waals surface area contributed by atoms with Gasteiger partial charge in [0.15, 0.2) is 0 Å². The molecule has 1 N–H and O–H groups in total. The van der Waals surface area contributed by atoms with Crippen LogP contribution >= 0.6 is 11.6 Å². The summed E-state index contributed by atoms with van der Waals surface area (Å²) in [7, 11) is -1.83. The fourth-order valence-corrected chi connectivity index (χ4v) is 3.06. The Bertz CT molecular complexity index is 513. The molecule has 0 aliphatic heterocycles. The van der Waals surface area contributed by atoms with E-state index in [0.29, 0.717) is 12.8 Å². The van der Waals surface area contributed by atoms with E-state index in [9.17, 15) is 0 Å². The SMILES string of the molecule is C[Si](C)(C)CCOCCl.C[Si](C)(C)CCOCn1ccnn1.c1cn[nH]n1.